The molecule has 2 saturated carbocycles. The highest BCUT2D eigenvalue weighted by Gasteiger charge is 2.83. The maximum absolute atomic E-state index is 12.8. The van der Waals surface area contributed by atoms with Crippen LogP contribution in [0.4, 0.5) is 0 Å². The third-order valence-electron chi connectivity index (χ3n) is 8.15. The van der Waals surface area contributed by atoms with Gasteiger partial charge in [0.2, 0.25) is 5.79 Å². The molecular weight excluding hydrogens is 356 g/mol. The van der Waals surface area contributed by atoms with Crippen molar-refractivity contribution < 1.29 is 38.8 Å². The summed E-state index contributed by atoms with van der Waals surface area (Å²) in [6, 6.07) is 1.60. The fraction of sp³-hybridized carbons (Fsp3) is 0.684. The number of carbonyl (C=O) groups is 2. The van der Waals surface area contributed by atoms with Gasteiger partial charge in [-0.05, 0) is 25.3 Å². The highest BCUT2D eigenvalue weighted by molar-refractivity contribution is 5.98. The molecule has 144 valence electrons. The lowest BCUT2D eigenvalue weighted by Gasteiger charge is -2.68. The molecule has 0 aromatic carbocycles. The van der Waals surface area contributed by atoms with Gasteiger partial charge in [-0.3, -0.25) is 9.59 Å². The minimum atomic E-state index is -2.06. The van der Waals surface area contributed by atoms with Crippen LogP contribution in [0.25, 0.3) is 0 Å². The van der Waals surface area contributed by atoms with Crippen molar-refractivity contribution in [3.8, 4) is 0 Å². The lowest BCUT2D eigenvalue weighted by atomic mass is 9.40. The van der Waals surface area contributed by atoms with E-state index in [0.29, 0.717) is 11.3 Å². The second-order valence-electron chi connectivity index (χ2n) is 8.94. The fourth-order valence-corrected chi connectivity index (χ4v) is 6.99. The van der Waals surface area contributed by atoms with Gasteiger partial charge in [0.1, 0.15) is 29.5 Å². The second kappa shape index (κ2) is 4.46. The predicted molar refractivity (Wildman–Crippen MR) is 85.3 cm³/mol. The van der Waals surface area contributed by atoms with Crippen molar-refractivity contribution in [2.24, 2.45) is 22.7 Å². The summed E-state index contributed by atoms with van der Waals surface area (Å²) in [6.45, 7) is 1.62. The molecule has 4 heterocycles. The van der Waals surface area contributed by atoms with Crippen molar-refractivity contribution in [2.75, 3.05) is 6.61 Å². The number of Topliss-reactive ketones (excluding diaryl/α,β-unsaturated/α-hetero) is 1. The van der Waals surface area contributed by atoms with E-state index in [0.717, 1.165) is 0 Å². The standard InChI is InChI=1S/C19H20O8/c1-17-15-14(27-16(17)23)12(22)11-8(4-9(20)7-2-3-25-13(7)11)18(15)5-10(21)19(17,24)26-6-18/h2-3,8,10-12,14-15,21-22,24H,4-6H2,1H3/t8-,10+,11+,12+,14-,15+,17+,18+,19+/m1/s1. The number of hydrogen-bond donors (Lipinski definition) is 3. The maximum Gasteiger partial charge on any atom is 0.318 e. The number of ketones is 1. The zero-order valence-corrected chi connectivity index (χ0v) is 14.6. The van der Waals surface area contributed by atoms with E-state index >= 15 is 0 Å². The molecule has 2 bridgehead atoms. The highest BCUT2D eigenvalue weighted by Crippen LogP contribution is 2.73. The molecule has 0 unspecified atom stereocenters. The van der Waals surface area contributed by atoms with Crippen molar-refractivity contribution in [1.82, 2.24) is 0 Å². The monoisotopic (exact) mass is 376 g/mol. The Morgan fingerprint density at radius 3 is 2.78 bits per heavy atom. The van der Waals surface area contributed by atoms with E-state index in [-0.39, 0.29) is 31.1 Å². The molecule has 3 saturated heterocycles. The Balaban J connectivity index is 1.61. The summed E-state index contributed by atoms with van der Waals surface area (Å²) < 4.78 is 16.9. The van der Waals surface area contributed by atoms with Gasteiger partial charge in [-0.25, -0.2) is 0 Å². The number of ether oxygens (including phenoxy) is 2. The third kappa shape index (κ3) is 1.44. The Morgan fingerprint density at radius 2 is 2.04 bits per heavy atom. The summed E-state index contributed by atoms with van der Waals surface area (Å²) in [5.74, 6) is -3.91. The van der Waals surface area contributed by atoms with Gasteiger partial charge in [0.25, 0.3) is 0 Å². The number of hydrogen-bond acceptors (Lipinski definition) is 8. The van der Waals surface area contributed by atoms with Crippen LogP contribution in [0.1, 0.15) is 41.8 Å². The average molecular weight is 376 g/mol. The molecule has 9 atom stereocenters. The quantitative estimate of drug-likeness (QED) is 0.539. The Hall–Kier alpha value is -1.74. The Kier molecular flexibility index (Phi) is 2.68. The number of rotatable bonds is 0. The number of esters is 1. The van der Waals surface area contributed by atoms with E-state index in [1.54, 1.807) is 6.07 Å². The van der Waals surface area contributed by atoms with Crippen molar-refractivity contribution in [1.29, 1.82) is 0 Å². The topological polar surface area (TPSA) is 126 Å². The SMILES string of the molecule is C[C@]12C(=O)O[C@@H]3[C@@H](O)[C@H]4c5occc5C(=O)C[C@H]4[C@]4(CO[C@@]1(O)[C@@H](O)C4)[C@@H]32. The van der Waals surface area contributed by atoms with Crippen LogP contribution in [0.15, 0.2) is 16.7 Å². The first-order valence-corrected chi connectivity index (χ1v) is 9.30. The van der Waals surface area contributed by atoms with E-state index in [9.17, 15) is 24.9 Å². The molecule has 3 aliphatic heterocycles. The van der Waals surface area contributed by atoms with Crippen molar-refractivity contribution >= 4 is 11.8 Å². The summed E-state index contributed by atoms with van der Waals surface area (Å²) in [5, 5.41) is 32.9. The first-order valence-electron chi connectivity index (χ1n) is 9.30. The van der Waals surface area contributed by atoms with Gasteiger partial charge in [0, 0.05) is 17.8 Å². The predicted octanol–water partition coefficient (Wildman–Crippen LogP) is -0.0420. The summed E-state index contributed by atoms with van der Waals surface area (Å²) in [5.41, 5.74) is -1.84. The number of aliphatic hydroxyl groups excluding tert-OH is 2. The first kappa shape index (κ1) is 16.2. The molecule has 27 heavy (non-hydrogen) atoms. The summed E-state index contributed by atoms with van der Waals surface area (Å²) in [4.78, 5) is 25.6. The van der Waals surface area contributed by atoms with Crippen molar-refractivity contribution in [2.45, 2.75) is 49.8 Å². The first-order chi connectivity index (χ1) is 12.8. The van der Waals surface area contributed by atoms with Crippen LogP contribution >= 0.6 is 0 Å². The van der Waals surface area contributed by atoms with Crippen LogP contribution in [0.2, 0.25) is 0 Å². The second-order valence-corrected chi connectivity index (χ2v) is 8.94. The molecule has 3 aliphatic carbocycles. The van der Waals surface area contributed by atoms with E-state index in [1.807, 2.05) is 0 Å². The van der Waals surface area contributed by atoms with Crippen LogP contribution in [0.5, 0.6) is 0 Å². The molecule has 8 heteroatoms. The molecule has 5 fully saturated rings. The minimum Gasteiger partial charge on any atom is -0.468 e. The average Bonchev–Trinajstić information content (AvgIpc) is 3.21. The van der Waals surface area contributed by atoms with E-state index < -0.39 is 52.7 Å². The van der Waals surface area contributed by atoms with Crippen LogP contribution in [-0.2, 0) is 14.3 Å². The number of aliphatic hydroxyl groups is 3. The Bertz CT molecular complexity index is 892. The summed E-state index contributed by atoms with van der Waals surface area (Å²) in [7, 11) is 0. The van der Waals surface area contributed by atoms with Gasteiger partial charge in [-0.1, -0.05) is 0 Å². The maximum atomic E-state index is 12.8. The molecule has 1 aromatic rings. The smallest absolute Gasteiger partial charge is 0.318 e. The van der Waals surface area contributed by atoms with Crippen LogP contribution < -0.4 is 0 Å². The highest BCUT2D eigenvalue weighted by atomic mass is 16.7. The molecule has 1 spiro atoms. The van der Waals surface area contributed by atoms with Crippen LogP contribution in [-0.4, -0.2) is 57.8 Å². The number of fused-ring (bicyclic) bond motifs is 5. The zero-order chi connectivity index (χ0) is 18.9. The lowest BCUT2D eigenvalue weighted by molar-refractivity contribution is -0.410. The molecule has 6 aliphatic rings. The minimum absolute atomic E-state index is 0.0885. The van der Waals surface area contributed by atoms with Crippen molar-refractivity contribution in [3.63, 3.8) is 0 Å². The normalized spacial score (nSPS) is 55.0. The summed E-state index contributed by atoms with van der Waals surface area (Å²) >= 11 is 0. The van der Waals surface area contributed by atoms with Crippen LogP contribution in [0, 0.1) is 22.7 Å². The third-order valence-corrected chi connectivity index (χ3v) is 8.15. The Labute approximate surface area is 154 Å². The molecule has 3 N–H and O–H groups in total. The van der Waals surface area contributed by atoms with E-state index in [2.05, 4.69) is 0 Å². The Morgan fingerprint density at radius 1 is 1.26 bits per heavy atom. The van der Waals surface area contributed by atoms with Gasteiger partial charge in [0.15, 0.2) is 5.78 Å². The zero-order valence-electron chi connectivity index (χ0n) is 14.6. The molecule has 7 rings (SSSR count). The largest absolute Gasteiger partial charge is 0.468 e. The number of furan rings is 1. The van der Waals surface area contributed by atoms with Gasteiger partial charge in [-0.15, -0.1) is 0 Å². The van der Waals surface area contributed by atoms with E-state index in [4.69, 9.17) is 13.9 Å². The summed E-state index contributed by atoms with van der Waals surface area (Å²) in [6.07, 6.45) is -1.43. The molecule has 0 radical (unpaired) electrons. The lowest BCUT2D eigenvalue weighted by Crippen LogP contribution is -2.78. The molecule has 0 amide bonds. The van der Waals surface area contributed by atoms with Gasteiger partial charge in [0.05, 0.1) is 24.4 Å². The number of carbonyl (C=O) groups excluding carboxylic acids is 2. The molecule has 8 nitrogen and oxygen atoms in total. The van der Waals surface area contributed by atoms with E-state index in [1.165, 1.54) is 13.2 Å². The van der Waals surface area contributed by atoms with Gasteiger partial charge >= 0.3 is 5.97 Å². The van der Waals surface area contributed by atoms with Gasteiger partial charge < -0.3 is 29.2 Å². The van der Waals surface area contributed by atoms with Gasteiger partial charge in [-0.2, -0.15) is 0 Å². The molecule has 1 aromatic heterocycles. The molecular formula is C19H20O8. The van der Waals surface area contributed by atoms with Crippen LogP contribution in [0.3, 0.4) is 0 Å². The fourth-order valence-electron chi connectivity index (χ4n) is 6.99. The van der Waals surface area contributed by atoms with Crippen molar-refractivity contribution in [3.05, 3.63) is 23.7 Å².